The second-order valence-corrected chi connectivity index (χ2v) is 6.25. The third kappa shape index (κ3) is 8.04. The topological polar surface area (TPSA) is 65.5 Å². The molecule has 1 fully saturated rings. The van der Waals surface area contributed by atoms with Crippen molar-refractivity contribution in [2.24, 2.45) is 10.9 Å². The van der Waals surface area contributed by atoms with Crippen molar-refractivity contribution in [3.05, 3.63) is 12.2 Å². The van der Waals surface area contributed by atoms with E-state index in [4.69, 9.17) is 0 Å². The molecule has 6 heteroatoms. The van der Waals surface area contributed by atoms with E-state index in [1.54, 1.807) is 0 Å². The van der Waals surface area contributed by atoms with Crippen LogP contribution in [0.4, 0.5) is 0 Å². The number of aliphatic imine (C=N–C) groups is 1. The molecular weight excluding hydrogens is 403 g/mol. The number of hydrogen-bond acceptors (Lipinski definition) is 2. The SMILES string of the molecule is CCNC(=NCCNC(=O)CC1CCCC1)NC1CC=CC1.I. The van der Waals surface area contributed by atoms with Crippen LogP contribution in [0.2, 0.25) is 0 Å². The molecule has 0 aromatic carbocycles. The molecule has 2 aliphatic carbocycles. The van der Waals surface area contributed by atoms with E-state index in [1.165, 1.54) is 25.7 Å². The van der Waals surface area contributed by atoms with E-state index < -0.39 is 0 Å². The molecule has 0 aliphatic heterocycles. The Bertz CT molecular complexity index is 397. The highest BCUT2D eigenvalue weighted by atomic mass is 127. The van der Waals surface area contributed by atoms with Gasteiger partial charge in [-0.05, 0) is 38.5 Å². The van der Waals surface area contributed by atoms with Crippen molar-refractivity contribution in [3.63, 3.8) is 0 Å². The second-order valence-electron chi connectivity index (χ2n) is 6.25. The summed E-state index contributed by atoms with van der Waals surface area (Å²) in [5.41, 5.74) is 0. The van der Waals surface area contributed by atoms with Crippen LogP contribution in [0.1, 0.15) is 51.9 Å². The maximum absolute atomic E-state index is 11.8. The summed E-state index contributed by atoms with van der Waals surface area (Å²) in [7, 11) is 0. The van der Waals surface area contributed by atoms with E-state index in [0.717, 1.165) is 25.3 Å². The first-order valence-corrected chi connectivity index (χ1v) is 8.74. The predicted octanol–water partition coefficient (Wildman–Crippen LogP) is 2.57. The molecule has 0 radical (unpaired) electrons. The van der Waals surface area contributed by atoms with E-state index in [2.05, 4.69) is 40.0 Å². The summed E-state index contributed by atoms with van der Waals surface area (Å²) < 4.78 is 0. The summed E-state index contributed by atoms with van der Waals surface area (Å²) in [5, 5.41) is 9.67. The summed E-state index contributed by atoms with van der Waals surface area (Å²) >= 11 is 0. The Kier molecular flexibility index (Phi) is 10.3. The standard InChI is InChI=1S/C17H30N4O.HI/c1-2-18-17(21-15-9-5-6-10-15)20-12-11-19-16(22)13-14-7-3-4-8-14;/h5-6,14-15H,2-4,7-13H2,1H3,(H,19,22)(H2,18,20,21);1H. The van der Waals surface area contributed by atoms with Gasteiger partial charge < -0.3 is 16.0 Å². The Morgan fingerprint density at radius 2 is 1.87 bits per heavy atom. The highest BCUT2D eigenvalue weighted by Gasteiger charge is 2.18. The first-order valence-electron chi connectivity index (χ1n) is 8.74. The fourth-order valence-corrected chi connectivity index (χ4v) is 3.16. The van der Waals surface area contributed by atoms with Crippen LogP contribution in [0.25, 0.3) is 0 Å². The number of amides is 1. The van der Waals surface area contributed by atoms with Gasteiger partial charge in [0.25, 0.3) is 0 Å². The maximum Gasteiger partial charge on any atom is 0.220 e. The highest BCUT2D eigenvalue weighted by Crippen LogP contribution is 2.27. The van der Waals surface area contributed by atoms with Gasteiger partial charge in [0.05, 0.1) is 6.54 Å². The third-order valence-corrected chi connectivity index (χ3v) is 4.35. The van der Waals surface area contributed by atoms with Crippen LogP contribution in [0.3, 0.4) is 0 Å². The molecule has 0 spiro atoms. The number of halogens is 1. The number of carbonyl (C=O) groups is 1. The van der Waals surface area contributed by atoms with Gasteiger partial charge in [-0.3, -0.25) is 9.79 Å². The van der Waals surface area contributed by atoms with E-state index in [1.807, 2.05) is 0 Å². The van der Waals surface area contributed by atoms with Crippen molar-refractivity contribution in [3.8, 4) is 0 Å². The Balaban J connectivity index is 0.00000264. The first-order chi connectivity index (χ1) is 10.8. The minimum Gasteiger partial charge on any atom is -0.357 e. The van der Waals surface area contributed by atoms with Gasteiger partial charge in [-0.1, -0.05) is 25.0 Å². The zero-order chi connectivity index (χ0) is 15.6. The lowest BCUT2D eigenvalue weighted by Gasteiger charge is -2.16. The Morgan fingerprint density at radius 3 is 2.52 bits per heavy atom. The second kappa shape index (κ2) is 11.7. The van der Waals surface area contributed by atoms with Crippen molar-refractivity contribution < 1.29 is 4.79 Å². The van der Waals surface area contributed by atoms with E-state index in [0.29, 0.717) is 31.5 Å². The number of nitrogens with one attached hydrogen (secondary N) is 3. The molecule has 0 saturated heterocycles. The smallest absolute Gasteiger partial charge is 0.220 e. The molecule has 0 aromatic rings. The molecule has 0 atom stereocenters. The number of rotatable bonds is 7. The molecule has 0 aromatic heterocycles. The molecule has 0 unspecified atom stereocenters. The number of nitrogens with zero attached hydrogens (tertiary/aromatic N) is 1. The van der Waals surface area contributed by atoms with Crippen molar-refractivity contribution >= 4 is 35.8 Å². The van der Waals surface area contributed by atoms with Crippen LogP contribution in [-0.4, -0.2) is 37.5 Å². The zero-order valence-corrected chi connectivity index (χ0v) is 16.5. The van der Waals surface area contributed by atoms with Gasteiger partial charge in [-0.15, -0.1) is 24.0 Å². The van der Waals surface area contributed by atoms with Gasteiger partial charge in [0.15, 0.2) is 5.96 Å². The Morgan fingerprint density at radius 1 is 1.17 bits per heavy atom. The van der Waals surface area contributed by atoms with Crippen LogP contribution < -0.4 is 16.0 Å². The minimum atomic E-state index is 0. The lowest BCUT2D eigenvalue weighted by molar-refractivity contribution is -0.121. The van der Waals surface area contributed by atoms with E-state index >= 15 is 0 Å². The van der Waals surface area contributed by atoms with Gasteiger partial charge in [0.1, 0.15) is 0 Å². The average molecular weight is 434 g/mol. The van der Waals surface area contributed by atoms with Crippen LogP contribution >= 0.6 is 24.0 Å². The van der Waals surface area contributed by atoms with Crippen molar-refractivity contribution in [1.82, 2.24) is 16.0 Å². The molecule has 0 heterocycles. The van der Waals surface area contributed by atoms with E-state index in [-0.39, 0.29) is 29.9 Å². The number of guanidine groups is 1. The normalized spacial score (nSPS) is 18.7. The molecule has 2 aliphatic rings. The fraction of sp³-hybridized carbons (Fsp3) is 0.765. The van der Waals surface area contributed by atoms with Crippen LogP contribution in [0.15, 0.2) is 17.1 Å². The summed E-state index contributed by atoms with van der Waals surface area (Å²) in [4.78, 5) is 16.4. The molecule has 132 valence electrons. The molecule has 23 heavy (non-hydrogen) atoms. The highest BCUT2D eigenvalue weighted by molar-refractivity contribution is 14.0. The molecule has 1 amide bonds. The Labute approximate surface area is 157 Å². The molecule has 1 saturated carbocycles. The predicted molar refractivity (Wildman–Crippen MR) is 106 cm³/mol. The minimum absolute atomic E-state index is 0. The summed E-state index contributed by atoms with van der Waals surface area (Å²) in [6.45, 7) is 4.14. The fourth-order valence-electron chi connectivity index (χ4n) is 3.16. The average Bonchev–Trinajstić information content (AvgIpc) is 3.17. The summed E-state index contributed by atoms with van der Waals surface area (Å²) in [5.74, 6) is 1.64. The number of hydrogen-bond donors (Lipinski definition) is 3. The lowest BCUT2D eigenvalue weighted by atomic mass is 10.0. The molecular formula is C17H31IN4O. The van der Waals surface area contributed by atoms with Gasteiger partial charge in [-0.2, -0.15) is 0 Å². The summed E-state index contributed by atoms with van der Waals surface area (Å²) in [6.07, 6.45) is 12.2. The van der Waals surface area contributed by atoms with Crippen molar-refractivity contribution in [1.29, 1.82) is 0 Å². The molecule has 3 N–H and O–H groups in total. The molecule has 2 rings (SSSR count). The largest absolute Gasteiger partial charge is 0.357 e. The van der Waals surface area contributed by atoms with Gasteiger partial charge in [-0.25, -0.2) is 0 Å². The van der Waals surface area contributed by atoms with Crippen LogP contribution in [0, 0.1) is 5.92 Å². The quantitative estimate of drug-likeness (QED) is 0.190. The lowest BCUT2D eigenvalue weighted by Crippen LogP contribution is -2.43. The monoisotopic (exact) mass is 434 g/mol. The Hall–Kier alpha value is -0.790. The van der Waals surface area contributed by atoms with Crippen molar-refractivity contribution in [2.75, 3.05) is 19.6 Å². The van der Waals surface area contributed by atoms with Crippen LogP contribution in [-0.2, 0) is 4.79 Å². The molecule has 5 nitrogen and oxygen atoms in total. The third-order valence-electron chi connectivity index (χ3n) is 4.35. The number of carbonyl (C=O) groups excluding carboxylic acids is 1. The zero-order valence-electron chi connectivity index (χ0n) is 14.1. The van der Waals surface area contributed by atoms with Gasteiger partial charge in [0, 0.05) is 25.6 Å². The first kappa shape index (κ1) is 20.3. The van der Waals surface area contributed by atoms with E-state index in [9.17, 15) is 4.79 Å². The maximum atomic E-state index is 11.8. The van der Waals surface area contributed by atoms with Crippen LogP contribution in [0.5, 0.6) is 0 Å². The summed E-state index contributed by atoms with van der Waals surface area (Å²) in [6, 6.07) is 0.453. The van der Waals surface area contributed by atoms with Gasteiger partial charge in [0.2, 0.25) is 5.91 Å². The van der Waals surface area contributed by atoms with Gasteiger partial charge >= 0.3 is 0 Å². The van der Waals surface area contributed by atoms with Crippen molar-refractivity contribution in [2.45, 2.75) is 57.9 Å². The molecule has 0 bridgehead atoms.